The fourth-order valence-electron chi connectivity index (χ4n) is 1.96. The zero-order chi connectivity index (χ0) is 19.7. The number of nitrogens with two attached hydrogens (primary N) is 1. The Labute approximate surface area is 153 Å². The molecule has 1 aromatic heterocycles. The zero-order valence-corrected chi connectivity index (χ0v) is 16.0. The van der Waals surface area contributed by atoms with Crippen molar-refractivity contribution >= 4 is 11.9 Å². The molecule has 0 amide bonds. The van der Waals surface area contributed by atoms with E-state index in [1.54, 1.807) is 43.7 Å². The third-order valence-electron chi connectivity index (χ3n) is 3.19. The van der Waals surface area contributed by atoms with Crippen LogP contribution in [0.15, 0.2) is 18.1 Å². The van der Waals surface area contributed by atoms with Gasteiger partial charge >= 0.3 is 11.9 Å². The number of rotatable bonds is 9. The van der Waals surface area contributed by atoms with Gasteiger partial charge in [0.15, 0.2) is 5.69 Å². The molecule has 0 aliphatic rings. The highest BCUT2D eigenvalue weighted by atomic mass is 16.6. The van der Waals surface area contributed by atoms with E-state index in [0.717, 1.165) is 12.8 Å². The highest BCUT2D eigenvalue weighted by Crippen LogP contribution is 2.09. The van der Waals surface area contributed by atoms with Crippen molar-refractivity contribution in [2.45, 2.75) is 45.8 Å². The molecular formula is C16H28N6O4. The van der Waals surface area contributed by atoms with Gasteiger partial charge in [-0.3, -0.25) is 4.68 Å². The molecule has 10 nitrogen and oxygen atoms in total. The number of nitrogens with zero attached hydrogens (tertiary/aromatic N) is 4. The quantitative estimate of drug-likeness (QED) is 0.276. The maximum Gasteiger partial charge on any atom is 0.360 e. The van der Waals surface area contributed by atoms with Crippen molar-refractivity contribution in [2.24, 2.45) is 5.73 Å². The molecule has 0 aliphatic carbocycles. The van der Waals surface area contributed by atoms with E-state index in [1.165, 1.54) is 13.3 Å². The lowest BCUT2D eigenvalue weighted by Crippen LogP contribution is -2.34. The Balaban J connectivity index is 2.44. The first-order valence-corrected chi connectivity index (χ1v) is 8.29. The second-order valence-electron chi connectivity index (χ2n) is 6.57. The van der Waals surface area contributed by atoms with Gasteiger partial charge in [-0.1, -0.05) is 5.21 Å². The molecule has 1 heterocycles. The number of carbonyl (C=O) groups is 2. The molecule has 0 saturated heterocycles. The van der Waals surface area contributed by atoms with Crippen molar-refractivity contribution in [3.05, 3.63) is 23.8 Å². The summed E-state index contributed by atoms with van der Waals surface area (Å²) in [5.41, 5.74) is 8.33. The average Bonchev–Trinajstić information content (AvgIpc) is 3.04. The summed E-state index contributed by atoms with van der Waals surface area (Å²) in [6.07, 6.45) is 4.65. The van der Waals surface area contributed by atoms with Gasteiger partial charge in [-0.25, -0.2) is 15.0 Å². The van der Waals surface area contributed by atoms with E-state index in [9.17, 15) is 9.59 Å². The molecule has 10 heteroatoms. The van der Waals surface area contributed by atoms with E-state index in [2.05, 4.69) is 20.5 Å². The lowest BCUT2D eigenvalue weighted by molar-refractivity contribution is -0.150. The van der Waals surface area contributed by atoms with E-state index in [4.69, 9.17) is 10.5 Å². The molecule has 1 aromatic rings. The number of esters is 2. The Hall–Kier alpha value is -2.62. The molecule has 0 aliphatic heterocycles. The van der Waals surface area contributed by atoms with Crippen LogP contribution in [0, 0.1) is 0 Å². The minimum atomic E-state index is -0.596. The number of hydrogen-bond acceptors (Lipinski definition) is 9. The topological polar surface area (TPSA) is 125 Å². The average molecular weight is 368 g/mol. The number of nitrogens with one attached hydrogen (secondary N) is 1. The van der Waals surface area contributed by atoms with Crippen LogP contribution in [-0.2, 0) is 20.8 Å². The predicted molar refractivity (Wildman–Crippen MR) is 94.5 cm³/mol. The van der Waals surface area contributed by atoms with Gasteiger partial charge in [-0.05, 0) is 33.6 Å². The first-order valence-electron chi connectivity index (χ1n) is 8.29. The first-order chi connectivity index (χ1) is 12.2. The van der Waals surface area contributed by atoms with Crippen LogP contribution in [0.3, 0.4) is 0 Å². The van der Waals surface area contributed by atoms with Gasteiger partial charge in [0.2, 0.25) is 0 Å². The van der Waals surface area contributed by atoms with Gasteiger partial charge < -0.3 is 20.2 Å². The van der Waals surface area contributed by atoms with Crippen molar-refractivity contribution in [2.75, 3.05) is 20.7 Å². The Bertz CT molecular complexity index is 635. The normalized spacial score (nSPS) is 12.0. The van der Waals surface area contributed by atoms with Crippen LogP contribution in [0.25, 0.3) is 0 Å². The van der Waals surface area contributed by atoms with E-state index in [-0.39, 0.29) is 11.4 Å². The summed E-state index contributed by atoms with van der Waals surface area (Å²) in [5, 5.41) is 9.32. The number of methoxy groups -OCH3 is 1. The lowest BCUT2D eigenvalue weighted by atomic mass is 10.2. The SMILES string of the molecule is CNN(/C=C(\N)C(=O)OC(C)(C)C)CCCCn1cc(C(=O)OC)nn1. The number of ether oxygens (including phenoxy) is 2. The van der Waals surface area contributed by atoms with Crippen LogP contribution >= 0.6 is 0 Å². The smallest absolute Gasteiger partial charge is 0.360 e. The van der Waals surface area contributed by atoms with Crippen LogP contribution in [0.4, 0.5) is 0 Å². The van der Waals surface area contributed by atoms with Gasteiger partial charge in [-0.15, -0.1) is 5.10 Å². The molecular weight excluding hydrogens is 340 g/mol. The summed E-state index contributed by atoms with van der Waals surface area (Å²) in [5.74, 6) is -1.07. The summed E-state index contributed by atoms with van der Waals surface area (Å²) in [4.78, 5) is 23.2. The standard InChI is InChI=1S/C16H28N6O4/c1-16(2,3)26-14(23)12(17)10-21(18-4)8-6-7-9-22-11-13(19-20-22)15(24)25-5/h10-11,18H,6-9,17H2,1-5H3/b12-10-. The van der Waals surface area contributed by atoms with Crippen molar-refractivity contribution in [1.82, 2.24) is 25.4 Å². The molecule has 0 aromatic carbocycles. The number of carbonyl (C=O) groups excluding carboxylic acids is 2. The minimum absolute atomic E-state index is 0.0215. The molecule has 1 rings (SSSR count). The Morgan fingerprint density at radius 2 is 2.08 bits per heavy atom. The zero-order valence-electron chi connectivity index (χ0n) is 16.0. The fraction of sp³-hybridized carbons (Fsp3) is 0.625. The molecule has 0 spiro atoms. The van der Waals surface area contributed by atoms with E-state index in [0.29, 0.717) is 13.1 Å². The van der Waals surface area contributed by atoms with Crippen LogP contribution in [0.2, 0.25) is 0 Å². The second kappa shape index (κ2) is 9.76. The number of aryl methyl sites for hydroxylation is 1. The van der Waals surface area contributed by atoms with Crippen LogP contribution in [0.5, 0.6) is 0 Å². The Morgan fingerprint density at radius 1 is 1.38 bits per heavy atom. The molecule has 0 saturated carbocycles. The molecule has 0 bridgehead atoms. The molecule has 0 fully saturated rings. The highest BCUT2D eigenvalue weighted by Gasteiger charge is 2.18. The van der Waals surface area contributed by atoms with Crippen LogP contribution < -0.4 is 11.2 Å². The Kier molecular flexibility index (Phi) is 8.04. The van der Waals surface area contributed by atoms with Crippen molar-refractivity contribution in [1.29, 1.82) is 0 Å². The predicted octanol–water partition coefficient (Wildman–Crippen LogP) is 0.423. The number of aromatic nitrogens is 3. The highest BCUT2D eigenvalue weighted by molar-refractivity contribution is 5.87. The summed E-state index contributed by atoms with van der Waals surface area (Å²) < 4.78 is 11.4. The van der Waals surface area contributed by atoms with E-state index >= 15 is 0 Å². The van der Waals surface area contributed by atoms with Crippen molar-refractivity contribution < 1.29 is 19.1 Å². The van der Waals surface area contributed by atoms with Gasteiger partial charge in [0.05, 0.1) is 13.3 Å². The second-order valence-corrected chi connectivity index (χ2v) is 6.57. The largest absolute Gasteiger partial charge is 0.464 e. The van der Waals surface area contributed by atoms with Gasteiger partial charge in [-0.2, -0.15) is 0 Å². The van der Waals surface area contributed by atoms with Gasteiger partial charge in [0.1, 0.15) is 11.3 Å². The summed E-state index contributed by atoms with van der Waals surface area (Å²) in [6, 6.07) is 0. The lowest BCUT2D eigenvalue weighted by Gasteiger charge is -2.22. The number of hydrogen-bond donors (Lipinski definition) is 2. The first kappa shape index (κ1) is 21.4. The molecule has 146 valence electrons. The maximum absolute atomic E-state index is 11.9. The summed E-state index contributed by atoms with van der Waals surface area (Å²) in [6.45, 7) is 6.57. The number of unbranched alkanes of at least 4 members (excludes halogenated alkanes) is 1. The molecule has 26 heavy (non-hydrogen) atoms. The van der Waals surface area contributed by atoms with E-state index in [1.807, 2.05) is 0 Å². The van der Waals surface area contributed by atoms with E-state index < -0.39 is 17.5 Å². The monoisotopic (exact) mass is 368 g/mol. The fourth-order valence-corrected chi connectivity index (χ4v) is 1.96. The molecule has 0 radical (unpaired) electrons. The summed E-state index contributed by atoms with van der Waals surface area (Å²) in [7, 11) is 3.03. The van der Waals surface area contributed by atoms with Crippen LogP contribution in [-0.4, -0.2) is 58.2 Å². The third kappa shape index (κ3) is 7.51. The van der Waals surface area contributed by atoms with Crippen molar-refractivity contribution in [3.8, 4) is 0 Å². The molecule has 0 atom stereocenters. The molecule has 3 N–H and O–H groups in total. The maximum atomic E-state index is 11.9. The Morgan fingerprint density at radius 3 is 2.65 bits per heavy atom. The summed E-state index contributed by atoms with van der Waals surface area (Å²) >= 11 is 0. The number of hydrazine groups is 1. The van der Waals surface area contributed by atoms with Crippen LogP contribution in [0.1, 0.15) is 44.1 Å². The third-order valence-corrected chi connectivity index (χ3v) is 3.19. The van der Waals surface area contributed by atoms with Crippen molar-refractivity contribution in [3.63, 3.8) is 0 Å². The minimum Gasteiger partial charge on any atom is -0.464 e. The molecule has 0 unspecified atom stereocenters. The van der Waals surface area contributed by atoms with Gasteiger partial charge in [0, 0.05) is 26.3 Å². The van der Waals surface area contributed by atoms with Gasteiger partial charge in [0.25, 0.3) is 0 Å².